The number of unbranched alkanes of at least 4 members (excludes halogenated alkanes) is 1. The molecule has 1 atom stereocenters. The molecule has 1 fully saturated rings. The first kappa shape index (κ1) is 14.6. The van der Waals surface area contributed by atoms with E-state index in [1.54, 1.807) is 23.1 Å². The van der Waals surface area contributed by atoms with Gasteiger partial charge < -0.3 is 10.0 Å². The van der Waals surface area contributed by atoms with Gasteiger partial charge in [-0.1, -0.05) is 38.0 Å². The lowest BCUT2D eigenvalue weighted by Gasteiger charge is -2.18. The summed E-state index contributed by atoms with van der Waals surface area (Å²) in [5.74, 6) is -0.361. The molecule has 0 spiro atoms. The molecule has 0 saturated carbocycles. The second-order valence-corrected chi connectivity index (χ2v) is 5.45. The summed E-state index contributed by atoms with van der Waals surface area (Å²) in [7, 11) is 0. The molecule has 1 aromatic carbocycles. The molecule has 4 nitrogen and oxygen atoms in total. The number of rotatable bonds is 6. The summed E-state index contributed by atoms with van der Waals surface area (Å²) in [5, 5.41) is 9.17. The molecule has 1 amide bonds. The number of hydrogen-bond acceptors (Lipinski definition) is 2. The highest BCUT2D eigenvalue weighted by molar-refractivity contribution is 5.89. The molecule has 20 heavy (non-hydrogen) atoms. The standard InChI is InChI=1S/C16H21NO3/c1-2-3-6-12-9-15(18)17(10-12)11-13-7-4-5-8-14(13)16(19)20/h4-5,7-8,12H,2-3,6,9-11H2,1H3,(H,19,20). The topological polar surface area (TPSA) is 57.6 Å². The van der Waals surface area contributed by atoms with E-state index in [1.807, 2.05) is 6.07 Å². The fourth-order valence-electron chi connectivity index (χ4n) is 2.77. The summed E-state index contributed by atoms with van der Waals surface area (Å²) in [6.45, 7) is 3.31. The van der Waals surface area contributed by atoms with Crippen LogP contribution in [0.4, 0.5) is 0 Å². The summed E-state index contributed by atoms with van der Waals surface area (Å²) in [5.41, 5.74) is 1.00. The predicted molar refractivity (Wildman–Crippen MR) is 76.5 cm³/mol. The summed E-state index contributed by atoms with van der Waals surface area (Å²) in [6.07, 6.45) is 3.98. The lowest BCUT2D eigenvalue weighted by molar-refractivity contribution is -0.128. The number of carboxylic acid groups (broad SMARTS) is 1. The molecule has 1 aromatic rings. The Labute approximate surface area is 119 Å². The van der Waals surface area contributed by atoms with E-state index in [9.17, 15) is 14.7 Å². The van der Waals surface area contributed by atoms with Gasteiger partial charge in [-0.25, -0.2) is 4.79 Å². The molecule has 0 bridgehead atoms. The molecule has 108 valence electrons. The Kier molecular flexibility index (Phi) is 4.77. The van der Waals surface area contributed by atoms with Gasteiger partial charge >= 0.3 is 5.97 Å². The Bertz CT molecular complexity index is 498. The van der Waals surface area contributed by atoms with Crippen molar-refractivity contribution in [1.29, 1.82) is 0 Å². The molecular weight excluding hydrogens is 254 g/mol. The van der Waals surface area contributed by atoms with Gasteiger partial charge in [-0.2, -0.15) is 0 Å². The third-order valence-corrected chi connectivity index (χ3v) is 3.87. The highest BCUT2D eigenvalue weighted by Crippen LogP contribution is 2.25. The van der Waals surface area contributed by atoms with Crippen LogP contribution in [-0.2, 0) is 11.3 Å². The maximum atomic E-state index is 12.0. The fourth-order valence-corrected chi connectivity index (χ4v) is 2.77. The van der Waals surface area contributed by atoms with E-state index >= 15 is 0 Å². The Hall–Kier alpha value is -1.84. The van der Waals surface area contributed by atoms with Crippen molar-refractivity contribution in [2.75, 3.05) is 6.54 Å². The first-order valence-electron chi connectivity index (χ1n) is 7.20. The molecule has 0 aliphatic carbocycles. The van der Waals surface area contributed by atoms with Crippen LogP contribution >= 0.6 is 0 Å². The van der Waals surface area contributed by atoms with Crippen LogP contribution in [-0.4, -0.2) is 28.4 Å². The van der Waals surface area contributed by atoms with Gasteiger partial charge in [0.15, 0.2) is 0 Å². The molecule has 1 aliphatic rings. The number of likely N-dealkylation sites (tertiary alicyclic amines) is 1. The minimum absolute atomic E-state index is 0.145. The lowest BCUT2D eigenvalue weighted by Crippen LogP contribution is -2.25. The zero-order valence-corrected chi connectivity index (χ0v) is 11.8. The molecule has 1 saturated heterocycles. The monoisotopic (exact) mass is 275 g/mol. The third kappa shape index (κ3) is 3.38. The zero-order valence-electron chi connectivity index (χ0n) is 11.8. The van der Waals surface area contributed by atoms with Crippen molar-refractivity contribution in [2.45, 2.75) is 39.2 Å². The van der Waals surface area contributed by atoms with Gasteiger partial charge in [0.2, 0.25) is 5.91 Å². The zero-order chi connectivity index (χ0) is 14.5. The van der Waals surface area contributed by atoms with Crippen molar-refractivity contribution in [3.05, 3.63) is 35.4 Å². The normalized spacial score (nSPS) is 18.6. The van der Waals surface area contributed by atoms with E-state index in [1.165, 1.54) is 0 Å². The van der Waals surface area contributed by atoms with Gasteiger partial charge in [-0.05, 0) is 24.0 Å². The van der Waals surface area contributed by atoms with Crippen molar-refractivity contribution in [3.63, 3.8) is 0 Å². The molecule has 0 aromatic heterocycles. The maximum absolute atomic E-state index is 12.0. The molecule has 1 unspecified atom stereocenters. The number of carbonyl (C=O) groups excluding carboxylic acids is 1. The van der Waals surface area contributed by atoms with Crippen LogP contribution in [0.25, 0.3) is 0 Å². The summed E-state index contributed by atoms with van der Waals surface area (Å²) < 4.78 is 0. The second kappa shape index (κ2) is 6.55. The Morgan fingerprint density at radius 3 is 2.85 bits per heavy atom. The van der Waals surface area contributed by atoms with Crippen LogP contribution in [0, 0.1) is 5.92 Å². The minimum atomic E-state index is -0.935. The first-order valence-corrected chi connectivity index (χ1v) is 7.20. The molecule has 0 radical (unpaired) electrons. The van der Waals surface area contributed by atoms with Crippen LogP contribution < -0.4 is 0 Å². The van der Waals surface area contributed by atoms with Gasteiger partial charge in [-0.3, -0.25) is 4.79 Å². The van der Waals surface area contributed by atoms with E-state index in [4.69, 9.17) is 0 Å². The number of carboxylic acids is 1. The van der Waals surface area contributed by atoms with Crippen molar-refractivity contribution in [3.8, 4) is 0 Å². The average molecular weight is 275 g/mol. The van der Waals surface area contributed by atoms with Gasteiger partial charge in [0.05, 0.1) is 5.56 Å². The second-order valence-electron chi connectivity index (χ2n) is 5.45. The molecule has 1 N–H and O–H groups in total. The number of amides is 1. The Balaban J connectivity index is 2.04. The number of aromatic carboxylic acids is 1. The quantitative estimate of drug-likeness (QED) is 0.868. The van der Waals surface area contributed by atoms with Crippen molar-refractivity contribution < 1.29 is 14.7 Å². The van der Waals surface area contributed by atoms with Crippen LogP contribution in [0.2, 0.25) is 0 Å². The number of carbonyl (C=O) groups is 2. The molecule has 4 heteroatoms. The van der Waals surface area contributed by atoms with Crippen LogP contribution in [0.5, 0.6) is 0 Å². The molecular formula is C16H21NO3. The van der Waals surface area contributed by atoms with E-state index in [0.29, 0.717) is 24.4 Å². The number of hydrogen-bond donors (Lipinski definition) is 1. The van der Waals surface area contributed by atoms with E-state index in [0.717, 1.165) is 25.8 Å². The first-order chi connectivity index (χ1) is 9.61. The molecule has 1 aliphatic heterocycles. The summed E-state index contributed by atoms with van der Waals surface area (Å²) >= 11 is 0. The SMILES string of the molecule is CCCCC1CC(=O)N(Cc2ccccc2C(=O)O)C1. The predicted octanol–water partition coefficient (Wildman–Crippen LogP) is 2.92. The van der Waals surface area contributed by atoms with Crippen LogP contribution in [0.3, 0.4) is 0 Å². The van der Waals surface area contributed by atoms with Gasteiger partial charge in [0.1, 0.15) is 0 Å². The summed E-state index contributed by atoms with van der Waals surface area (Å²) in [4.78, 5) is 25.0. The van der Waals surface area contributed by atoms with Crippen molar-refractivity contribution in [1.82, 2.24) is 4.90 Å². The smallest absolute Gasteiger partial charge is 0.336 e. The van der Waals surface area contributed by atoms with Gasteiger partial charge in [0.25, 0.3) is 0 Å². The van der Waals surface area contributed by atoms with Crippen LogP contribution in [0.1, 0.15) is 48.5 Å². The Morgan fingerprint density at radius 2 is 2.15 bits per heavy atom. The van der Waals surface area contributed by atoms with Crippen molar-refractivity contribution >= 4 is 11.9 Å². The number of nitrogens with zero attached hydrogens (tertiary/aromatic N) is 1. The van der Waals surface area contributed by atoms with E-state index in [2.05, 4.69) is 6.92 Å². The molecule has 2 rings (SSSR count). The number of benzene rings is 1. The third-order valence-electron chi connectivity index (χ3n) is 3.87. The highest BCUT2D eigenvalue weighted by Gasteiger charge is 2.29. The van der Waals surface area contributed by atoms with E-state index < -0.39 is 5.97 Å². The molecule has 1 heterocycles. The fraction of sp³-hybridized carbons (Fsp3) is 0.500. The maximum Gasteiger partial charge on any atom is 0.336 e. The van der Waals surface area contributed by atoms with Crippen molar-refractivity contribution in [2.24, 2.45) is 5.92 Å². The largest absolute Gasteiger partial charge is 0.478 e. The minimum Gasteiger partial charge on any atom is -0.478 e. The van der Waals surface area contributed by atoms with Gasteiger partial charge in [0, 0.05) is 19.5 Å². The van der Waals surface area contributed by atoms with Crippen LogP contribution in [0.15, 0.2) is 24.3 Å². The summed E-state index contributed by atoms with van der Waals surface area (Å²) in [6, 6.07) is 6.91. The lowest BCUT2D eigenvalue weighted by atomic mass is 10.0. The Morgan fingerprint density at radius 1 is 1.40 bits per heavy atom. The van der Waals surface area contributed by atoms with E-state index in [-0.39, 0.29) is 11.5 Å². The van der Waals surface area contributed by atoms with Gasteiger partial charge in [-0.15, -0.1) is 0 Å². The average Bonchev–Trinajstić information content (AvgIpc) is 2.77. The highest BCUT2D eigenvalue weighted by atomic mass is 16.4.